The number of aromatic nitrogens is 3. The molecule has 33 heavy (non-hydrogen) atoms. The van der Waals surface area contributed by atoms with E-state index >= 15 is 0 Å². The summed E-state index contributed by atoms with van der Waals surface area (Å²) in [6, 6.07) is 4.71. The molecule has 2 N–H and O–H groups in total. The third-order valence-electron chi connectivity index (χ3n) is 6.14. The van der Waals surface area contributed by atoms with Crippen molar-refractivity contribution in [1.82, 2.24) is 25.4 Å². The molecule has 2 aromatic rings. The standard InChI is InChI=1S/C24H36N6O2.HI/c1-4-23-29-27-16-30(23)11-10-25-24(28-20-8-6-7-9-20)26-15-19-14-22-18(12-17(3)32-22)13-21(19)31-5-2;/h13-14,16-17,20H,4-12,15H2,1-3H3,(H2,25,26,28);1H. The van der Waals surface area contributed by atoms with E-state index in [-0.39, 0.29) is 30.1 Å². The zero-order chi connectivity index (χ0) is 22.3. The van der Waals surface area contributed by atoms with Crippen LogP contribution < -0.4 is 20.1 Å². The Morgan fingerprint density at radius 2 is 2.09 bits per heavy atom. The first-order valence-electron chi connectivity index (χ1n) is 12.0. The Morgan fingerprint density at radius 3 is 2.85 bits per heavy atom. The van der Waals surface area contributed by atoms with Crippen LogP contribution in [0.4, 0.5) is 0 Å². The molecule has 9 heteroatoms. The van der Waals surface area contributed by atoms with Crippen molar-refractivity contribution in [3.05, 3.63) is 35.4 Å². The highest BCUT2D eigenvalue weighted by Gasteiger charge is 2.22. The van der Waals surface area contributed by atoms with Gasteiger partial charge in [-0.3, -0.25) is 0 Å². The van der Waals surface area contributed by atoms with Gasteiger partial charge < -0.3 is 24.7 Å². The van der Waals surface area contributed by atoms with Crippen molar-refractivity contribution in [2.75, 3.05) is 13.2 Å². The van der Waals surface area contributed by atoms with Crippen LogP contribution in [0.15, 0.2) is 23.5 Å². The number of fused-ring (bicyclic) bond motifs is 1. The van der Waals surface area contributed by atoms with Gasteiger partial charge in [0.25, 0.3) is 0 Å². The lowest BCUT2D eigenvalue weighted by atomic mass is 10.1. The number of ether oxygens (including phenoxy) is 2. The number of guanidine groups is 1. The first kappa shape index (κ1) is 25.6. The van der Waals surface area contributed by atoms with Crippen molar-refractivity contribution >= 4 is 29.9 Å². The molecular weight excluding hydrogens is 531 g/mol. The second-order valence-corrected chi connectivity index (χ2v) is 8.64. The van der Waals surface area contributed by atoms with Gasteiger partial charge in [0.2, 0.25) is 0 Å². The largest absolute Gasteiger partial charge is 0.494 e. The van der Waals surface area contributed by atoms with Crippen molar-refractivity contribution in [3.8, 4) is 11.5 Å². The van der Waals surface area contributed by atoms with E-state index < -0.39 is 0 Å². The SMILES string of the molecule is CCOc1cc2c(cc1CN=C(NCCn1cnnc1CC)NC1CCCC1)OC(C)C2.I. The van der Waals surface area contributed by atoms with Crippen LogP contribution in [0.25, 0.3) is 0 Å². The molecule has 0 spiro atoms. The maximum atomic E-state index is 5.97. The summed E-state index contributed by atoms with van der Waals surface area (Å²) in [7, 11) is 0. The van der Waals surface area contributed by atoms with Crippen LogP contribution in [0.5, 0.6) is 11.5 Å². The van der Waals surface area contributed by atoms with Crippen LogP contribution in [-0.2, 0) is 25.9 Å². The molecule has 1 fully saturated rings. The molecule has 1 aliphatic carbocycles. The zero-order valence-electron chi connectivity index (χ0n) is 20.0. The van der Waals surface area contributed by atoms with Crippen LogP contribution in [-0.4, -0.2) is 46.0 Å². The number of halogens is 1. The average Bonchev–Trinajstić information content (AvgIpc) is 3.52. The Bertz CT molecular complexity index is 926. The molecule has 0 radical (unpaired) electrons. The fourth-order valence-corrected chi connectivity index (χ4v) is 4.51. The van der Waals surface area contributed by atoms with Crippen LogP contribution in [0.1, 0.15) is 63.4 Å². The maximum absolute atomic E-state index is 5.97. The van der Waals surface area contributed by atoms with E-state index in [0.29, 0.717) is 19.2 Å². The topological polar surface area (TPSA) is 85.6 Å². The number of hydrogen-bond acceptors (Lipinski definition) is 5. The molecule has 0 saturated heterocycles. The van der Waals surface area contributed by atoms with E-state index in [9.17, 15) is 0 Å². The van der Waals surface area contributed by atoms with E-state index in [1.807, 2.05) is 6.92 Å². The molecule has 1 unspecified atom stereocenters. The fraction of sp³-hybridized carbons (Fsp3) is 0.625. The Hall–Kier alpha value is -2.04. The average molecular weight is 569 g/mol. The van der Waals surface area contributed by atoms with Gasteiger partial charge in [0.1, 0.15) is 29.8 Å². The highest BCUT2D eigenvalue weighted by atomic mass is 127. The summed E-state index contributed by atoms with van der Waals surface area (Å²) < 4.78 is 14.0. The fourth-order valence-electron chi connectivity index (χ4n) is 4.51. The van der Waals surface area contributed by atoms with Crippen LogP contribution in [0, 0.1) is 0 Å². The second kappa shape index (κ2) is 12.4. The van der Waals surface area contributed by atoms with E-state index in [1.165, 1.54) is 31.2 Å². The molecule has 1 aromatic heterocycles. The Labute approximate surface area is 214 Å². The molecule has 2 aliphatic rings. The number of nitrogens with zero attached hydrogens (tertiary/aromatic N) is 4. The van der Waals surface area contributed by atoms with Gasteiger partial charge in [-0.1, -0.05) is 19.8 Å². The van der Waals surface area contributed by atoms with Gasteiger partial charge in [-0.25, -0.2) is 4.99 Å². The van der Waals surface area contributed by atoms with Crippen molar-refractivity contribution in [3.63, 3.8) is 0 Å². The van der Waals surface area contributed by atoms with Gasteiger partial charge in [0, 0.05) is 43.1 Å². The van der Waals surface area contributed by atoms with Gasteiger partial charge in [0.05, 0.1) is 13.2 Å². The molecule has 4 rings (SSSR count). The minimum Gasteiger partial charge on any atom is -0.494 e. The molecule has 1 aliphatic heterocycles. The number of nitrogens with one attached hydrogen (secondary N) is 2. The quantitative estimate of drug-likeness (QED) is 0.272. The van der Waals surface area contributed by atoms with E-state index in [1.54, 1.807) is 6.33 Å². The van der Waals surface area contributed by atoms with Gasteiger partial charge >= 0.3 is 0 Å². The first-order chi connectivity index (χ1) is 15.7. The summed E-state index contributed by atoms with van der Waals surface area (Å²) in [6.07, 6.45) is 8.76. The third-order valence-corrected chi connectivity index (χ3v) is 6.14. The monoisotopic (exact) mass is 568 g/mol. The minimum atomic E-state index is 0. The maximum Gasteiger partial charge on any atom is 0.191 e. The molecule has 2 heterocycles. The molecule has 1 atom stereocenters. The van der Waals surface area contributed by atoms with Crippen LogP contribution in [0.2, 0.25) is 0 Å². The van der Waals surface area contributed by atoms with Crippen LogP contribution >= 0.6 is 24.0 Å². The summed E-state index contributed by atoms with van der Waals surface area (Å²) in [5.41, 5.74) is 2.27. The molecule has 1 aromatic carbocycles. The number of aryl methyl sites for hydroxylation is 1. The molecule has 1 saturated carbocycles. The summed E-state index contributed by atoms with van der Waals surface area (Å²) in [5, 5.41) is 15.3. The molecule has 0 amide bonds. The van der Waals surface area contributed by atoms with Gasteiger partial charge in [0.15, 0.2) is 5.96 Å². The zero-order valence-corrected chi connectivity index (χ0v) is 22.3. The lowest BCUT2D eigenvalue weighted by Gasteiger charge is -2.18. The number of benzene rings is 1. The van der Waals surface area contributed by atoms with Crippen molar-refractivity contribution in [1.29, 1.82) is 0 Å². The van der Waals surface area contributed by atoms with Gasteiger partial charge in [-0.15, -0.1) is 34.2 Å². The predicted molar refractivity (Wildman–Crippen MR) is 141 cm³/mol. The normalized spacial score (nSPS) is 17.9. The van der Waals surface area contributed by atoms with Gasteiger partial charge in [-0.05, 0) is 38.8 Å². The van der Waals surface area contributed by atoms with E-state index in [4.69, 9.17) is 14.5 Å². The van der Waals surface area contributed by atoms with E-state index in [2.05, 4.69) is 51.4 Å². The molecule has 182 valence electrons. The second-order valence-electron chi connectivity index (χ2n) is 8.64. The van der Waals surface area contributed by atoms with Crippen molar-refractivity contribution < 1.29 is 9.47 Å². The highest BCUT2D eigenvalue weighted by molar-refractivity contribution is 14.0. The van der Waals surface area contributed by atoms with Crippen molar-refractivity contribution in [2.24, 2.45) is 4.99 Å². The minimum absolute atomic E-state index is 0. The molecule has 8 nitrogen and oxygen atoms in total. The number of hydrogen-bond donors (Lipinski definition) is 2. The van der Waals surface area contributed by atoms with Crippen molar-refractivity contribution in [2.45, 2.75) is 84.5 Å². The lowest BCUT2D eigenvalue weighted by molar-refractivity contribution is 0.254. The Kier molecular flexibility index (Phi) is 9.64. The lowest BCUT2D eigenvalue weighted by Crippen LogP contribution is -2.43. The summed E-state index contributed by atoms with van der Waals surface area (Å²) >= 11 is 0. The van der Waals surface area contributed by atoms with E-state index in [0.717, 1.165) is 54.8 Å². The molecular formula is C24H37IN6O2. The Morgan fingerprint density at radius 1 is 1.27 bits per heavy atom. The van der Waals surface area contributed by atoms with Gasteiger partial charge in [-0.2, -0.15) is 0 Å². The summed E-state index contributed by atoms with van der Waals surface area (Å²) in [6.45, 7) is 8.95. The molecule has 0 bridgehead atoms. The predicted octanol–water partition coefficient (Wildman–Crippen LogP) is 3.86. The highest BCUT2D eigenvalue weighted by Crippen LogP contribution is 2.35. The Balaban J connectivity index is 0.00000306. The first-order valence-corrected chi connectivity index (χ1v) is 12.0. The smallest absolute Gasteiger partial charge is 0.191 e. The number of aliphatic imine (C=N–C) groups is 1. The van der Waals surface area contributed by atoms with Crippen LogP contribution in [0.3, 0.4) is 0 Å². The summed E-state index contributed by atoms with van der Waals surface area (Å²) in [4.78, 5) is 4.92. The summed E-state index contributed by atoms with van der Waals surface area (Å²) in [5.74, 6) is 3.72. The number of rotatable bonds is 9. The third kappa shape index (κ3) is 6.74.